The molecule has 3 rings (SSSR count). The molecule has 2 aromatic carbocycles. The molecule has 0 saturated carbocycles. The van der Waals surface area contributed by atoms with Crippen molar-refractivity contribution in [3.05, 3.63) is 64.7 Å². The normalized spacial score (nSPS) is 16.4. The molecule has 2 aromatic rings. The number of nitrogens with zero attached hydrogens (tertiary/aromatic N) is 1. The van der Waals surface area contributed by atoms with E-state index in [-0.39, 0.29) is 11.8 Å². The van der Waals surface area contributed by atoms with Gasteiger partial charge in [-0.3, -0.25) is 9.59 Å². The van der Waals surface area contributed by atoms with Crippen LogP contribution in [0.15, 0.2) is 42.5 Å². The summed E-state index contributed by atoms with van der Waals surface area (Å²) in [5.74, 6) is -0.283. The van der Waals surface area contributed by atoms with E-state index in [0.29, 0.717) is 6.54 Å². The smallest absolute Gasteiger partial charge is 0.254 e. The van der Waals surface area contributed by atoms with Gasteiger partial charge in [-0.1, -0.05) is 47.5 Å². The van der Waals surface area contributed by atoms with Crippen LogP contribution in [0, 0.1) is 13.8 Å². The van der Waals surface area contributed by atoms with Crippen molar-refractivity contribution in [1.82, 2.24) is 5.32 Å². The first-order valence-corrected chi connectivity index (χ1v) is 7.70. The van der Waals surface area contributed by atoms with Crippen molar-refractivity contribution >= 4 is 17.5 Å². The fourth-order valence-electron chi connectivity index (χ4n) is 2.94. The highest BCUT2D eigenvalue weighted by molar-refractivity contribution is 6.06. The van der Waals surface area contributed by atoms with Crippen LogP contribution in [0.25, 0.3) is 0 Å². The van der Waals surface area contributed by atoms with Crippen molar-refractivity contribution < 1.29 is 9.59 Å². The molecule has 0 aromatic heterocycles. The number of nitrogens with one attached hydrogen (secondary N) is 1. The van der Waals surface area contributed by atoms with Crippen LogP contribution in [0.1, 0.15) is 35.2 Å². The lowest BCUT2D eigenvalue weighted by Gasteiger charge is -2.18. The van der Waals surface area contributed by atoms with E-state index in [1.807, 2.05) is 56.3 Å². The summed E-state index contributed by atoms with van der Waals surface area (Å²) >= 11 is 0. The summed E-state index contributed by atoms with van der Waals surface area (Å²) in [6.45, 7) is 5.96. The van der Waals surface area contributed by atoms with Crippen LogP contribution in [0.2, 0.25) is 0 Å². The Labute approximate surface area is 136 Å². The minimum absolute atomic E-state index is 0.0821. The van der Waals surface area contributed by atoms with E-state index in [2.05, 4.69) is 5.32 Å². The van der Waals surface area contributed by atoms with E-state index >= 15 is 0 Å². The number of hydrogen-bond donors (Lipinski definition) is 1. The van der Waals surface area contributed by atoms with Crippen LogP contribution < -0.4 is 10.2 Å². The molecule has 1 atom stereocenters. The fraction of sp³-hybridized carbons (Fsp3) is 0.263. The molecule has 0 spiro atoms. The van der Waals surface area contributed by atoms with E-state index < -0.39 is 6.04 Å². The van der Waals surface area contributed by atoms with Gasteiger partial charge in [-0.2, -0.15) is 0 Å². The van der Waals surface area contributed by atoms with E-state index in [0.717, 1.165) is 22.4 Å². The lowest BCUT2D eigenvalue weighted by atomic mass is 10.1. The number of carbonyl (C=O) groups is 2. The van der Waals surface area contributed by atoms with Gasteiger partial charge in [0, 0.05) is 18.2 Å². The summed E-state index contributed by atoms with van der Waals surface area (Å²) in [7, 11) is 0. The Balaban J connectivity index is 1.96. The van der Waals surface area contributed by atoms with Crippen molar-refractivity contribution in [2.24, 2.45) is 0 Å². The molecule has 118 valence electrons. The molecule has 1 aliphatic rings. The van der Waals surface area contributed by atoms with Crippen LogP contribution >= 0.6 is 0 Å². The number of carbonyl (C=O) groups excluding carboxylic acids is 2. The molecule has 1 N–H and O–H groups in total. The van der Waals surface area contributed by atoms with Crippen LogP contribution in [-0.4, -0.2) is 11.8 Å². The number of benzene rings is 2. The van der Waals surface area contributed by atoms with Crippen molar-refractivity contribution in [2.45, 2.75) is 33.4 Å². The summed E-state index contributed by atoms with van der Waals surface area (Å²) in [6.07, 6.45) is 0. The summed E-state index contributed by atoms with van der Waals surface area (Å²) in [6, 6.07) is 13.5. The van der Waals surface area contributed by atoms with Gasteiger partial charge in [-0.15, -0.1) is 0 Å². The van der Waals surface area contributed by atoms with Gasteiger partial charge in [0.05, 0.1) is 6.54 Å². The zero-order valence-corrected chi connectivity index (χ0v) is 13.6. The average molecular weight is 308 g/mol. The first kappa shape index (κ1) is 15.3. The van der Waals surface area contributed by atoms with Crippen LogP contribution in [-0.2, 0) is 16.1 Å². The summed E-state index contributed by atoms with van der Waals surface area (Å²) in [5, 5.41) is 2.77. The van der Waals surface area contributed by atoms with Crippen LogP contribution in [0.4, 0.5) is 5.69 Å². The van der Waals surface area contributed by atoms with Crippen LogP contribution in [0.5, 0.6) is 0 Å². The first-order chi connectivity index (χ1) is 11.0. The number of amides is 2. The summed E-state index contributed by atoms with van der Waals surface area (Å²) in [5.41, 5.74) is 5.08. The predicted octanol–water partition coefficient (Wildman–Crippen LogP) is 3.03. The maximum atomic E-state index is 12.8. The van der Waals surface area contributed by atoms with E-state index in [1.54, 1.807) is 4.90 Å². The van der Waals surface area contributed by atoms with Gasteiger partial charge in [-0.25, -0.2) is 0 Å². The second-order valence-corrected chi connectivity index (χ2v) is 6.11. The zero-order chi connectivity index (χ0) is 16.6. The molecule has 2 amide bonds. The second kappa shape index (κ2) is 5.88. The van der Waals surface area contributed by atoms with Crippen molar-refractivity contribution in [3.8, 4) is 0 Å². The van der Waals surface area contributed by atoms with Crippen molar-refractivity contribution in [3.63, 3.8) is 0 Å². The largest absolute Gasteiger partial charge is 0.341 e. The van der Waals surface area contributed by atoms with Gasteiger partial charge in [0.15, 0.2) is 0 Å². The van der Waals surface area contributed by atoms with Crippen molar-refractivity contribution in [2.75, 3.05) is 4.90 Å². The van der Waals surface area contributed by atoms with E-state index in [4.69, 9.17) is 0 Å². The molecule has 0 fully saturated rings. The Morgan fingerprint density at radius 3 is 2.39 bits per heavy atom. The van der Waals surface area contributed by atoms with Crippen LogP contribution in [0.3, 0.4) is 0 Å². The lowest BCUT2D eigenvalue weighted by molar-refractivity contribution is -0.126. The quantitative estimate of drug-likeness (QED) is 0.947. The van der Waals surface area contributed by atoms with Gasteiger partial charge < -0.3 is 10.2 Å². The van der Waals surface area contributed by atoms with Gasteiger partial charge in [0.1, 0.15) is 6.04 Å². The fourth-order valence-corrected chi connectivity index (χ4v) is 2.94. The van der Waals surface area contributed by atoms with Gasteiger partial charge in [0.25, 0.3) is 5.91 Å². The molecular formula is C19H20N2O2. The SMILES string of the molecule is CC(=O)N[C@H]1C(=O)N(Cc2ccc(C)cc2)c2ccc(C)cc21. The molecule has 0 saturated heterocycles. The second-order valence-electron chi connectivity index (χ2n) is 6.11. The Morgan fingerprint density at radius 2 is 1.74 bits per heavy atom. The van der Waals surface area contributed by atoms with E-state index in [9.17, 15) is 9.59 Å². The summed E-state index contributed by atoms with van der Waals surface area (Å²) in [4.78, 5) is 26.0. The molecule has 0 radical (unpaired) electrons. The van der Waals surface area contributed by atoms with Gasteiger partial charge in [0.2, 0.25) is 5.91 Å². The number of anilines is 1. The topological polar surface area (TPSA) is 49.4 Å². The molecule has 23 heavy (non-hydrogen) atoms. The number of hydrogen-bond acceptors (Lipinski definition) is 2. The van der Waals surface area contributed by atoms with Gasteiger partial charge in [-0.05, 0) is 25.5 Å². The van der Waals surface area contributed by atoms with E-state index in [1.165, 1.54) is 12.5 Å². The maximum Gasteiger partial charge on any atom is 0.254 e. The molecule has 0 aliphatic carbocycles. The molecule has 4 nitrogen and oxygen atoms in total. The molecule has 0 bridgehead atoms. The maximum absolute atomic E-state index is 12.8. The zero-order valence-electron chi connectivity index (χ0n) is 13.6. The lowest BCUT2D eigenvalue weighted by Crippen LogP contribution is -2.36. The summed E-state index contributed by atoms with van der Waals surface area (Å²) < 4.78 is 0. The minimum atomic E-state index is -0.590. The standard InChI is InChI=1S/C19H20N2O2/c1-12-4-7-15(8-5-12)11-21-17-9-6-13(2)10-16(17)18(19(21)23)20-14(3)22/h4-10,18H,11H2,1-3H3,(H,20,22)/t18-/m1/s1. The third kappa shape index (κ3) is 2.97. The molecule has 1 heterocycles. The molecule has 1 aliphatic heterocycles. The Morgan fingerprint density at radius 1 is 1.09 bits per heavy atom. The molecule has 4 heteroatoms. The number of aryl methyl sites for hydroxylation is 2. The Hall–Kier alpha value is -2.62. The number of fused-ring (bicyclic) bond motifs is 1. The van der Waals surface area contributed by atoms with Gasteiger partial charge >= 0.3 is 0 Å². The highest BCUT2D eigenvalue weighted by Crippen LogP contribution is 2.37. The highest BCUT2D eigenvalue weighted by Gasteiger charge is 2.37. The third-order valence-electron chi connectivity index (χ3n) is 4.11. The predicted molar refractivity (Wildman–Crippen MR) is 90.1 cm³/mol. The minimum Gasteiger partial charge on any atom is -0.341 e. The Kier molecular flexibility index (Phi) is 3.90. The monoisotopic (exact) mass is 308 g/mol. The van der Waals surface area contributed by atoms with Crippen molar-refractivity contribution in [1.29, 1.82) is 0 Å². The molecular weight excluding hydrogens is 288 g/mol. The first-order valence-electron chi connectivity index (χ1n) is 7.70. The average Bonchev–Trinajstić information content (AvgIpc) is 2.74. The third-order valence-corrected chi connectivity index (χ3v) is 4.11. The number of rotatable bonds is 3. The molecule has 0 unspecified atom stereocenters. The Bertz CT molecular complexity index is 765. The highest BCUT2D eigenvalue weighted by atomic mass is 16.2.